The van der Waals surface area contributed by atoms with Crippen molar-refractivity contribution >= 4 is 10.2 Å². The molecule has 2 rings (SSSR count). The van der Waals surface area contributed by atoms with Gasteiger partial charge in [-0.1, -0.05) is 6.92 Å². The number of nitrogens with zero attached hydrogens (tertiary/aromatic N) is 3. The lowest BCUT2D eigenvalue weighted by molar-refractivity contribution is 0.242. The molecular weight excluding hydrogens is 252 g/mol. The second-order valence-corrected chi connectivity index (χ2v) is 6.93. The summed E-state index contributed by atoms with van der Waals surface area (Å²) in [5.74, 6) is 0.589. The third-order valence-electron chi connectivity index (χ3n) is 3.71. The Balaban J connectivity index is 2.12. The molecular formula is C11H20N4O2S. The molecule has 7 heteroatoms. The van der Waals surface area contributed by atoms with Gasteiger partial charge in [0, 0.05) is 32.7 Å². The minimum absolute atomic E-state index is 0.382. The maximum Gasteiger partial charge on any atom is 0.283 e. The molecule has 2 fully saturated rings. The van der Waals surface area contributed by atoms with Crippen molar-refractivity contribution in [1.29, 1.82) is 5.26 Å². The fraction of sp³-hybridized carbons (Fsp3) is 0.909. The Morgan fingerprint density at radius 3 is 2.56 bits per heavy atom. The summed E-state index contributed by atoms with van der Waals surface area (Å²) in [5.41, 5.74) is 0. The number of hydrogen-bond acceptors (Lipinski definition) is 4. The van der Waals surface area contributed by atoms with Crippen LogP contribution in [-0.2, 0) is 10.2 Å². The highest BCUT2D eigenvalue weighted by atomic mass is 32.2. The van der Waals surface area contributed by atoms with Crippen LogP contribution in [0.2, 0.25) is 0 Å². The molecule has 1 unspecified atom stereocenters. The van der Waals surface area contributed by atoms with Crippen molar-refractivity contribution in [3.63, 3.8) is 0 Å². The number of rotatable bonds is 2. The van der Waals surface area contributed by atoms with Crippen molar-refractivity contribution in [2.75, 3.05) is 32.7 Å². The number of nitriles is 1. The molecule has 0 aromatic heterocycles. The lowest BCUT2D eigenvalue weighted by atomic mass is 10.0. The van der Waals surface area contributed by atoms with E-state index in [1.54, 1.807) is 0 Å². The Hall–Kier alpha value is -0.680. The van der Waals surface area contributed by atoms with Crippen LogP contribution in [0.4, 0.5) is 0 Å². The quantitative estimate of drug-likeness (QED) is 0.753. The van der Waals surface area contributed by atoms with Gasteiger partial charge in [-0.05, 0) is 18.8 Å². The molecule has 1 atom stereocenters. The van der Waals surface area contributed by atoms with Gasteiger partial charge >= 0.3 is 0 Å². The van der Waals surface area contributed by atoms with Gasteiger partial charge in [0.05, 0.1) is 6.07 Å². The zero-order valence-corrected chi connectivity index (χ0v) is 11.5. The molecule has 2 heterocycles. The van der Waals surface area contributed by atoms with Crippen molar-refractivity contribution in [3.8, 4) is 6.07 Å². The van der Waals surface area contributed by atoms with E-state index in [-0.39, 0.29) is 0 Å². The van der Waals surface area contributed by atoms with Gasteiger partial charge in [-0.2, -0.15) is 22.3 Å². The molecule has 2 aliphatic rings. The van der Waals surface area contributed by atoms with E-state index in [9.17, 15) is 8.42 Å². The first-order chi connectivity index (χ1) is 8.55. The smallest absolute Gasteiger partial charge is 0.283 e. The predicted molar refractivity (Wildman–Crippen MR) is 67.9 cm³/mol. The van der Waals surface area contributed by atoms with E-state index in [1.807, 2.05) is 0 Å². The molecule has 0 radical (unpaired) electrons. The summed E-state index contributed by atoms with van der Waals surface area (Å²) >= 11 is 0. The van der Waals surface area contributed by atoms with Gasteiger partial charge in [0.25, 0.3) is 10.2 Å². The Morgan fingerprint density at radius 2 is 1.94 bits per heavy atom. The van der Waals surface area contributed by atoms with Crippen molar-refractivity contribution in [2.45, 2.75) is 25.8 Å². The van der Waals surface area contributed by atoms with Crippen LogP contribution in [0.15, 0.2) is 0 Å². The molecule has 18 heavy (non-hydrogen) atoms. The second kappa shape index (κ2) is 5.53. The van der Waals surface area contributed by atoms with Crippen molar-refractivity contribution in [2.24, 2.45) is 5.92 Å². The minimum Gasteiger partial charge on any atom is -0.313 e. The molecule has 1 N–H and O–H groups in total. The van der Waals surface area contributed by atoms with Gasteiger partial charge in [-0.3, -0.25) is 0 Å². The Kier molecular flexibility index (Phi) is 4.22. The normalized spacial score (nSPS) is 29.0. The van der Waals surface area contributed by atoms with Crippen molar-refractivity contribution in [3.05, 3.63) is 0 Å². The highest BCUT2D eigenvalue weighted by molar-refractivity contribution is 7.86. The maximum atomic E-state index is 12.5. The standard InChI is InChI=1S/C11H20N4O2S/c1-10-2-5-14(6-3-10)18(16,17)15-7-4-13-9-11(15)8-12/h10-11,13H,2-7,9H2,1H3. The van der Waals surface area contributed by atoms with Crippen LogP contribution in [0.5, 0.6) is 0 Å². The Morgan fingerprint density at radius 1 is 1.28 bits per heavy atom. The monoisotopic (exact) mass is 272 g/mol. The van der Waals surface area contributed by atoms with E-state index in [4.69, 9.17) is 5.26 Å². The first-order valence-electron chi connectivity index (χ1n) is 6.43. The topological polar surface area (TPSA) is 76.4 Å². The van der Waals surface area contributed by atoms with Gasteiger partial charge in [0.1, 0.15) is 6.04 Å². The molecule has 2 saturated heterocycles. The van der Waals surface area contributed by atoms with Gasteiger partial charge in [-0.15, -0.1) is 0 Å². The molecule has 0 aliphatic carbocycles. The highest BCUT2D eigenvalue weighted by Gasteiger charge is 2.37. The minimum atomic E-state index is -3.47. The number of nitrogens with one attached hydrogen (secondary N) is 1. The van der Waals surface area contributed by atoms with Gasteiger partial charge in [0.2, 0.25) is 0 Å². The summed E-state index contributed by atoms with van der Waals surface area (Å²) in [6, 6.07) is 1.49. The van der Waals surface area contributed by atoms with Crippen molar-refractivity contribution < 1.29 is 8.42 Å². The highest BCUT2D eigenvalue weighted by Crippen LogP contribution is 2.22. The average Bonchev–Trinajstić information content (AvgIpc) is 2.39. The van der Waals surface area contributed by atoms with Crippen LogP contribution >= 0.6 is 0 Å². The molecule has 6 nitrogen and oxygen atoms in total. The van der Waals surface area contributed by atoms with E-state index < -0.39 is 16.3 Å². The average molecular weight is 272 g/mol. The zero-order chi connectivity index (χ0) is 13.2. The molecule has 2 aliphatic heterocycles. The van der Waals surface area contributed by atoms with E-state index in [0.29, 0.717) is 38.6 Å². The van der Waals surface area contributed by atoms with Crippen molar-refractivity contribution in [1.82, 2.24) is 13.9 Å². The van der Waals surface area contributed by atoms with Gasteiger partial charge < -0.3 is 5.32 Å². The summed E-state index contributed by atoms with van der Waals surface area (Å²) < 4.78 is 27.9. The van der Waals surface area contributed by atoms with E-state index >= 15 is 0 Å². The zero-order valence-electron chi connectivity index (χ0n) is 10.7. The van der Waals surface area contributed by atoms with Crippen LogP contribution in [0, 0.1) is 17.2 Å². The summed E-state index contributed by atoms with van der Waals surface area (Å²) in [6.45, 7) is 4.71. The fourth-order valence-corrected chi connectivity index (χ4v) is 4.17. The van der Waals surface area contributed by atoms with Crippen LogP contribution in [-0.4, -0.2) is 55.8 Å². The van der Waals surface area contributed by atoms with Gasteiger partial charge in [-0.25, -0.2) is 0 Å². The maximum absolute atomic E-state index is 12.5. The predicted octanol–water partition coefficient (Wildman–Crippen LogP) is -0.240. The van der Waals surface area contributed by atoms with E-state index in [0.717, 1.165) is 12.8 Å². The number of piperazine rings is 1. The Labute approximate surface area is 109 Å². The molecule has 0 aromatic carbocycles. The first kappa shape index (κ1) is 13.7. The molecule has 0 bridgehead atoms. The third kappa shape index (κ3) is 2.67. The van der Waals surface area contributed by atoms with Crippen LogP contribution in [0.3, 0.4) is 0 Å². The largest absolute Gasteiger partial charge is 0.313 e. The molecule has 0 amide bonds. The molecule has 0 saturated carbocycles. The second-order valence-electron chi connectivity index (χ2n) is 5.05. The van der Waals surface area contributed by atoms with Gasteiger partial charge in [0.15, 0.2) is 0 Å². The molecule has 0 aromatic rings. The number of hydrogen-bond donors (Lipinski definition) is 1. The summed E-state index contributed by atoms with van der Waals surface area (Å²) in [4.78, 5) is 0. The lowest BCUT2D eigenvalue weighted by Crippen LogP contribution is -2.57. The summed E-state index contributed by atoms with van der Waals surface area (Å²) in [7, 11) is -3.47. The first-order valence-corrected chi connectivity index (χ1v) is 7.82. The van der Waals surface area contributed by atoms with Crippen LogP contribution in [0.25, 0.3) is 0 Å². The molecule has 102 valence electrons. The SMILES string of the molecule is CC1CCN(S(=O)(=O)N2CCNCC2C#N)CC1. The summed E-state index contributed by atoms with van der Waals surface area (Å²) in [5, 5.41) is 12.1. The third-order valence-corrected chi connectivity index (χ3v) is 5.76. The van der Waals surface area contributed by atoms with E-state index in [2.05, 4.69) is 18.3 Å². The summed E-state index contributed by atoms with van der Waals surface area (Å²) in [6.07, 6.45) is 1.81. The fourth-order valence-electron chi connectivity index (χ4n) is 2.44. The number of piperidine rings is 1. The molecule has 0 spiro atoms. The Bertz CT molecular complexity index is 423. The lowest BCUT2D eigenvalue weighted by Gasteiger charge is -2.37. The van der Waals surface area contributed by atoms with Crippen LogP contribution < -0.4 is 5.32 Å². The van der Waals surface area contributed by atoms with E-state index in [1.165, 1.54) is 8.61 Å². The van der Waals surface area contributed by atoms with Crippen LogP contribution in [0.1, 0.15) is 19.8 Å².